The van der Waals surface area contributed by atoms with E-state index in [0.717, 1.165) is 48.7 Å². The Morgan fingerprint density at radius 2 is 2.27 bits per heavy atom. The van der Waals surface area contributed by atoms with Crippen LogP contribution in [0.2, 0.25) is 0 Å². The van der Waals surface area contributed by atoms with Crippen molar-refractivity contribution < 1.29 is 4.79 Å². The van der Waals surface area contributed by atoms with Gasteiger partial charge in [-0.05, 0) is 31.2 Å². The number of amides is 1. The minimum atomic E-state index is -0.0146. The number of carbonyl (C=O) groups is 1. The zero-order chi connectivity index (χ0) is 18.5. The lowest BCUT2D eigenvalue weighted by atomic mass is 10.2. The Kier molecular flexibility index (Phi) is 6.53. The maximum atomic E-state index is 13.0. The molecule has 1 N–H and O–H groups in total. The normalized spacial score (nSPS) is 13.1. The van der Waals surface area contributed by atoms with Crippen LogP contribution >= 0.6 is 23.1 Å². The number of thiophene rings is 1. The maximum absolute atomic E-state index is 13.0. The number of unbranched alkanes of at least 4 members (excludes halogenated alkanes) is 2. The fourth-order valence-corrected chi connectivity index (χ4v) is 5.38. The molecule has 3 rings (SSSR count). The van der Waals surface area contributed by atoms with Crippen molar-refractivity contribution in [2.75, 3.05) is 12.3 Å². The standard InChI is InChI=1S/C19H25N3O2S2/c1-3-5-6-10-20-15(23)12-25-19-21-17-16(18(24)22(19)11-4-2)13-8-7-9-14(13)26-17/h4H,2-3,5-12H2,1H3,(H,20,23). The van der Waals surface area contributed by atoms with E-state index in [1.54, 1.807) is 22.0 Å². The van der Waals surface area contributed by atoms with Crippen LogP contribution in [0.5, 0.6) is 0 Å². The van der Waals surface area contributed by atoms with Crippen LogP contribution in [0.4, 0.5) is 0 Å². The van der Waals surface area contributed by atoms with Gasteiger partial charge in [0.1, 0.15) is 4.83 Å². The average molecular weight is 392 g/mol. The second kappa shape index (κ2) is 8.86. The number of hydrogen-bond acceptors (Lipinski definition) is 5. The number of hydrogen-bond donors (Lipinski definition) is 1. The van der Waals surface area contributed by atoms with E-state index in [4.69, 9.17) is 4.98 Å². The summed E-state index contributed by atoms with van der Waals surface area (Å²) < 4.78 is 1.65. The van der Waals surface area contributed by atoms with E-state index < -0.39 is 0 Å². The molecule has 0 spiro atoms. The molecule has 1 aliphatic carbocycles. The molecule has 5 nitrogen and oxygen atoms in total. The maximum Gasteiger partial charge on any atom is 0.263 e. The molecule has 0 fully saturated rings. The molecule has 0 saturated heterocycles. The van der Waals surface area contributed by atoms with Crippen LogP contribution in [0.3, 0.4) is 0 Å². The van der Waals surface area contributed by atoms with Gasteiger partial charge in [-0.2, -0.15) is 0 Å². The molecule has 0 unspecified atom stereocenters. The molecule has 7 heteroatoms. The van der Waals surface area contributed by atoms with Crippen molar-refractivity contribution in [1.29, 1.82) is 0 Å². The zero-order valence-corrected chi connectivity index (χ0v) is 16.8. The minimum Gasteiger partial charge on any atom is -0.355 e. The molecule has 0 atom stereocenters. The second-order valence-electron chi connectivity index (χ2n) is 6.48. The number of nitrogens with zero attached hydrogens (tertiary/aromatic N) is 2. The smallest absolute Gasteiger partial charge is 0.263 e. The summed E-state index contributed by atoms with van der Waals surface area (Å²) in [6.07, 6.45) is 8.08. The summed E-state index contributed by atoms with van der Waals surface area (Å²) in [6, 6.07) is 0. The van der Waals surface area contributed by atoms with Crippen LogP contribution in [0, 0.1) is 0 Å². The Balaban J connectivity index is 1.79. The number of rotatable bonds is 9. The van der Waals surface area contributed by atoms with Crippen LogP contribution in [-0.4, -0.2) is 27.8 Å². The molecule has 2 aromatic heterocycles. The highest BCUT2D eigenvalue weighted by molar-refractivity contribution is 7.99. The lowest BCUT2D eigenvalue weighted by Gasteiger charge is -2.10. The summed E-state index contributed by atoms with van der Waals surface area (Å²) >= 11 is 2.96. The Morgan fingerprint density at radius 3 is 3.04 bits per heavy atom. The second-order valence-corrected chi connectivity index (χ2v) is 8.51. The van der Waals surface area contributed by atoms with Crippen LogP contribution in [0.1, 0.15) is 43.0 Å². The Hall–Kier alpha value is -1.60. The highest BCUT2D eigenvalue weighted by Gasteiger charge is 2.23. The van der Waals surface area contributed by atoms with Gasteiger partial charge in [0.15, 0.2) is 5.16 Å². The summed E-state index contributed by atoms with van der Waals surface area (Å²) in [4.78, 5) is 31.9. The van der Waals surface area contributed by atoms with Gasteiger partial charge >= 0.3 is 0 Å². The van der Waals surface area contributed by atoms with Gasteiger partial charge in [0.05, 0.1) is 11.1 Å². The molecule has 0 aliphatic heterocycles. The highest BCUT2D eigenvalue weighted by Crippen LogP contribution is 2.35. The number of aryl methyl sites for hydroxylation is 2. The summed E-state index contributed by atoms with van der Waals surface area (Å²) in [5.41, 5.74) is 1.19. The van der Waals surface area contributed by atoms with E-state index in [1.807, 2.05) is 0 Å². The first-order valence-corrected chi connectivity index (χ1v) is 11.0. The number of thioether (sulfide) groups is 1. The number of nitrogens with one attached hydrogen (secondary N) is 1. The molecule has 140 valence electrons. The van der Waals surface area contributed by atoms with Gasteiger partial charge in [0.2, 0.25) is 5.91 Å². The van der Waals surface area contributed by atoms with Crippen LogP contribution in [0.25, 0.3) is 10.2 Å². The predicted molar refractivity (Wildman–Crippen MR) is 109 cm³/mol. The number of fused-ring (bicyclic) bond motifs is 3. The lowest BCUT2D eigenvalue weighted by molar-refractivity contribution is -0.118. The molecule has 2 aromatic rings. The number of carbonyl (C=O) groups excluding carboxylic acids is 1. The first kappa shape index (κ1) is 19.2. The van der Waals surface area contributed by atoms with Gasteiger partial charge < -0.3 is 5.32 Å². The van der Waals surface area contributed by atoms with Crippen molar-refractivity contribution in [3.05, 3.63) is 33.4 Å². The van der Waals surface area contributed by atoms with Crippen molar-refractivity contribution >= 4 is 39.2 Å². The van der Waals surface area contributed by atoms with Crippen LogP contribution < -0.4 is 10.9 Å². The first-order valence-electron chi connectivity index (χ1n) is 9.21. The van der Waals surface area contributed by atoms with Gasteiger partial charge in [-0.1, -0.05) is 37.6 Å². The molecule has 1 amide bonds. The topological polar surface area (TPSA) is 64.0 Å². The van der Waals surface area contributed by atoms with Gasteiger partial charge in [0, 0.05) is 18.0 Å². The largest absolute Gasteiger partial charge is 0.355 e. The van der Waals surface area contributed by atoms with E-state index in [9.17, 15) is 9.59 Å². The van der Waals surface area contributed by atoms with Crippen molar-refractivity contribution in [3.63, 3.8) is 0 Å². The summed E-state index contributed by atoms with van der Waals surface area (Å²) in [5.74, 6) is 0.256. The third-order valence-electron chi connectivity index (χ3n) is 4.54. The quantitative estimate of drug-likeness (QED) is 0.307. The van der Waals surface area contributed by atoms with Gasteiger partial charge in [0.25, 0.3) is 5.56 Å². The Morgan fingerprint density at radius 1 is 1.42 bits per heavy atom. The first-order chi connectivity index (χ1) is 12.7. The van der Waals surface area contributed by atoms with E-state index in [-0.39, 0.29) is 17.2 Å². The molecule has 0 saturated carbocycles. The van der Waals surface area contributed by atoms with Crippen molar-refractivity contribution in [1.82, 2.24) is 14.9 Å². The summed E-state index contributed by atoms with van der Waals surface area (Å²) in [6.45, 7) is 7.01. The number of aromatic nitrogens is 2. The molecule has 0 aromatic carbocycles. The fourth-order valence-electron chi connectivity index (χ4n) is 3.24. The molecule has 1 aliphatic rings. The SMILES string of the molecule is C=CCn1c(SCC(=O)NCCCCC)nc2sc3c(c2c1=O)CCC3. The van der Waals surface area contributed by atoms with Crippen molar-refractivity contribution in [2.24, 2.45) is 0 Å². The fraction of sp³-hybridized carbons (Fsp3) is 0.526. The summed E-state index contributed by atoms with van der Waals surface area (Å²) in [7, 11) is 0. The number of allylic oxidation sites excluding steroid dienone is 1. The van der Waals surface area contributed by atoms with Crippen LogP contribution in [0.15, 0.2) is 22.6 Å². The Labute approximate surface area is 161 Å². The van der Waals surface area contributed by atoms with Crippen LogP contribution in [-0.2, 0) is 24.2 Å². The molecule has 2 heterocycles. The minimum absolute atomic E-state index is 0.000143. The van der Waals surface area contributed by atoms with Gasteiger partial charge in [-0.3, -0.25) is 14.2 Å². The van der Waals surface area contributed by atoms with Gasteiger partial charge in [-0.15, -0.1) is 17.9 Å². The Bertz CT molecular complexity index is 870. The van der Waals surface area contributed by atoms with Gasteiger partial charge in [-0.25, -0.2) is 4.98 Å². The van der Waals surface area contributed by atoms with Crippen molar-refractivity contribution in [3.8, 4) is 0 Å². The zero-order valence-electron chi connectivity index (χ0n) is 15.2. The van der Waals surface area contributed by atoms with Crippen molar-refractivity contribution in [2.45, 2.75) is 57.1 Å². The average Bonchev–Trinajstić information content (AvgIpc) is 3.20. The summed E-state index contributed by atoms with van der Waals surface area (Å²) in [5, 5.41) is 4.31. The molecule has 0 radical (unpaired) electrons. The molecular formula is C19H25N3O2S2. The molecular weight excluding hydrogens is 366 g/mol. The highest BCUT2D eigenvalue weighted by atomic mass is 32.2. The lowest BCUT2D eigenvalue weighted by Crippen LogP contribution is -2.27. The molecule has 26 heavy (non-hydrogen) atoms. The molecule has 0 bridgehead atoms. The van der Waals surface area contributed by atoms with E-state index >= 15 is 0 Å². The third-order valence-corrected chi connectivity index (χ3v) is 6.70. The van der Waals surface area contributed by atoms with E-state index in [2.05, 4.69) is 18.8 Å². The predicted octanol–water partition coefficient (Wildman–Crippen LogP) is 3.53. The monoisotopic (exact) mass is 391 g/mol. The van der Waals surface area contributed by atoms with E-state index in [0.29, 0.717) is 18.2 Å². The van der Waals surface area contributed by atoms with E-state index in [1.165, 1.54) is 22.2 Å². The third kappa shape index (κ3) is 4.04.